The zero-order chi connectivity index (χ0) is 18.2. The molecule has 0 spiro atoms. The summed E-state index contributed by atoms with van der Waals surface area (Å²) in [6.45, 7) is 5.31. The third kappa shape index (κ3) is 3.50. The smallest absolute Gasteiger partial charge is 0.147 e. The molecule has 3 fully saturated rings. The Morgan fingerprint density at radius 2 is 1.74 bits per heavy atom. The summed E-state index contributed by atoms with van der Waals surface area (Å²) >= 11 is 0. The van der Waals surface area contributed by atoms with Gasteiger partial charge in [-0.2, -0.15) is 0 Å². The molecule has 1 aliphatic carbocycles. The Labute approximate surface area is 159 Å². The van der Waals surface area contributed by atoms with Crippen LogP contribution in [0.4, 0.5) is 11.6 Å². The highest BCUT2D eigenvalue weighted by molar-refractivity contribution is 5.46. The second-order valence-electron chi connectivity index (χ2n) is 8.12. The van der Waals surface area contributed by atoms with E-state index in [-0.39, 0.29) is 0 Å². The predicted molar refractivity (Wildman–Crippen MR) is 103 cm³/mol. The molecule has 0 unspecified atom stereocenters. The molecule has 2 aromatic rings. The van der Waals surface area contributed by atoms with Gasteiger partial charge in [0.25, 0.3) is 0 Å². The maximum absolute atomic E-state index is 5.81. The van der Waals surface area contributed by atoms with Gasteiger partial charge in [0.05, 0.1) is 6.54 Å². The van der Waals surface area contributed by atoms with E-state index < -0.39 is 0 Å². The zero-order valence-electron chi connectivity index (χ0n) is 15.8. The van der Waals surface area contributed by atoms with Gasteiger partial charge in [0.2, 0.25) is 0 Å². The third-order valence-corrected chi connectivity index (χ3v) is 6.13. The lowest BCUT2D eigenvalue weighted by Gasteiger charge is -2.32. The van der Waals surface area contributed by atoms with Gasteiger partial charge in [0.15, 0.2) is 0 Å². The summed E-state index contributed by atoms with van der Waals surface area (Å²) in [5.74, 6) is 4.34. The van der Waals surface area contributed by atoms with Crippen molar-refractivity contribution in [3.05, 3.63) is 24.0 Å². The maximum atomic E-state index is 5.81. The molecule has 2 N–H and O–H groups in total. The molecule has 0 radical (unpaired) electrons. The van der Waals surface area contributed by atoms with Gasteiger partial charge in [0.1, 0.15) is 29.6 Å². The first-order valence-electron chi connectivity index (χ1n) is 10.3. The van der Waals surface area contributed by atoms with Crippen LogP contribution in [0.3, 0.4) is 0 Å². The molecule has 2 aliphatic heterocycles. The highest BCUT2D eigenvalue weighted by Crippen LogP contribution is 2.40. The van der Waals surface area contributed by atoms with Gasteiger partial charge in [-0.3, -0.25) is 4.90 Å². The van der Waals surface area contributed by atoms with Gasteiger partial charge in [-0.15, -0.1) is 10.2 Å². The van der Waals surface area contributed by atoms with Crippen molar-refractivity contribution in [2.24, 2.45) is 0 Å². The maximum Gasteiger partial charge on any atom is 0.147 e. The van der Waals surface area contributed by atoms with Crippen LogP contribution in [-0.2, 0) is 6.54 Å². The average molecular weight is 368 g/mol. The topological polar surface area (TPSA) is 89.0 Å². The highest BCUT2D eigenvalue weighted by Gasteiger charge is 2.34. The second-order valence-corrected chi connectivity index (χ2v) is 8.12. The molecule has 1 saturated carbocycles. The first kappa shape index (κ1) is 16.9. The number of aromatic nitrogens is 5. The Kier molecular flexibility index (Phi) is 4.43. The van der Waals surface area contributed by atoms with Crippen LogP contribution in [0.15, 0.2) is 12.4 Å². The minimum Gasteiger partial charge on any atom is -0.384 e. The van der Waals surface area contributed by atoms with Crippen molar-refractivity contribution < 1.29 is 0 Å². The van der Waals surface area contributed by atoms with Crippen LogP contribution < -0.4 is 10.6 Å². The lowest BCUT2D eigenvalue weighted by atomic mass is 9.95. The Balaban J connectivity index is 1.30. The average Bonchev–Trinajstić information content (AvgIpc) is 3.23. The number of piperidine rings is 1. The summed E-state index contributed by atoms with van der Waals surface area (Å²) in [6, 6.07) is 2.49. The van der Waals surface area contributed by atoms with Crippen LogP contribution >= 0.6 is 0 Å². The largest absolute Gasteiger partial charge is 0.384 e. The quantitative estimate of drug-likeness (QED) is 0.863. The van der Waals surface area contributed by atoms with Gasteiger partial charge < -0.3 is 15.2 Å². The zero-order valence-corrected chi connectivity index (χ0v) is 15.8. The SMILES string of the molecule is Nc1cc(N2CCC(c3nnc(CN4CCCC4)n3C3CC3)CC2)ncn1. The lowest BCUT2D eigenvalue weighted by molar-refractivity contribution is 0.314. The van der Waals surface area contributed by atoms with E-state index in [1.54, 1.807) is 6.33 Å². The molecule has 4 heterocycles. The van der Waals surface area contributed by atoms with E-state index in [9.17, 15) is 0 Å². The Bertz CT molecular complexity index is 785. The lowest BCUT2D eigenvalue weighted by Crippen LogP contribution is -2.34. The fourth-order valence-corrected chi connectivity index (χ4v) is 4.50. The van der Waals surface area contributed by atoms with Crippen LogP contribution in [0, 0.1) is 0 Å². The van der Waals surface area contributed by atoms with Gasteiger partial charge in [-0.1, -0.05) is 0 Å². The van der Waals surface area contributed by atoms with Crippen LogP contribution in [0.5, 0.6) is 0 Å². The third-order valence-electron chi connectivity index (χ3n) is 6.13. The van der Waals surface area contributed by atoms with E-state index in [2.05, 4.69) is 34.5 Å². The van der Waals surface area contributed by atoms with Crippen LogP contribution in [0.25, 0.3) is 0 Å². The van der Waals surface area contributed by atoms with Crippen LogP contribution in [0.2, 0.25) is 0 Å². The van der Waals surface area contributed by atoms with E-state index in [1.807, 2.05) is 6.07 Å². The fraction of sp³-hybridized carbons (Fsp3) is 0.684. The van der Waals surface area contributed by atoms with Crippen molar-refractivity contribution in [1.29, 1.82) is 0 Å². The van der Waals surface area contributed by atoms with E-state index in [1.165, 1.54) is 50.4 Å². The number of likely N-dealkylation sites (tertiary alicyclic amines) is 1. The monoisotopic (exact) mass is 368 g/mol. The number of rotatable bonds is 5. The van der Waals surface area contributed by atoms with Gasteiger partial charge in [0, 0.05) is 31.1 Å². The summed E-state index contributed by atoms with van der Waals surface area (Å²) in [5.41, 5.74) is 5.81. The molecule has 5 rings (SSSR count). The number of hydrogen-bond acceptors (Lipinski definition) is 7. The number of nitrogens with two attached hydrogens (primary N) is 1. The first-order valence-corrected chi connectivity index (χ1v) is 10.3. The molecule has 2 saturated heterocycles. The summed E-state index contributed by atoms with van der Waals surface area (Å²) in [4.78, 5) is 13.2. The Morgan fingerprint density at radius 3 is 2.44 bits per heavy atom. The number of nitrogens with zero attached hydrogens (tertiary/aromatic N) is 7. The number of nitrogen functional groups attached to an aromatic ring is 1. The predicted octanol–water partition coefficient (Wildman–Crippen LogP) is 1.96. The minimum absolute atomic E-state index is 0.487. The van der Waals surface area contributed by atoms with Crippen molar-refractivity contribution in [2.45, 2.75) is 57.0 Å². The summed E-state index contributed by atoms with van der Waals surface area (Å²) < 4.78 is 2.49. The summed E-state index contributed by atoms with van der Waals surface area (Å²) in [5, 5.41) is 9.30. The molecule has 0 bridgehead atoms. The van der Waals surface area contributed by atoms with Crippen LogP contribution in [-0.4, -0.2) is 55.8 Å². The normalized spacial score (nSPS) is 21.9. The van der Waals surface area contributed by atoms with Crippen molar-refractivity contribution in [2.75, 3.05) is 36.8 Å². The molecule has 0 amide bonds. The van der Waals surface area contributed by atoms with Crippen LogP contribution in [0.1, 0.15) is 62.1 Å². The van der Waals surface area contributed by atoms with Gasteiger partial charge in [-0.05, 0) is 51.6 Å². The van der Waals surface area contributed by atoms with Crippen molar-refractivity contribution in [3.8, 4) is 0 Å². The molecule has 144 valence electrons. The molecule has 0 aromatic carbocycles. The van der Waals surface area contributed by atoms with E-state index in [4.69, 9.17) is 5.73 Å². The molecule has 8 nitrogen and oxygen atoms in total. The molecule has 3 aliphatic rings. The van der Waals surface area contributed by atoms with E-state index in [0.29, 0.717) is 17.8 Å². The van der Waals surface area contributed by atoms with Crippen molar-refractivity contribution in [3.63, 3.8) is 0 Å². The minimum atomic E-state index is 0.487. The standard InChI is InChI=1S/C19H28N8/c20-16-11-17(22-13-21-16)26-9-5-14(6-10-26)19-24-23-18(27(19)15-3-4-15)12-25-7-1-2-8-25/h11,13-15H,1-10,12H2,(H2,20,21,22). The van der Waals surface area contributed by atoms with Crippen molar-refractivity contribution in [1.82, 2.24) is 29.6 Å². The van der Waals surface area contributed by atoms with E-state index in [0.717, 1.165) is 38.3 Å². The molecule has 2 aromatic heterocycles. The number of hydrogen-bond donors (Lipinski definition) is 1. The Morgan fingerprint density at radius 1 is 0.963 bits per heavy atom. The second kappa shape index (κ2) is 7.07. The highest BCUT2D eigenvalue weighted by atomic mass is 15.3. The molecular weight excluding hydrogens is 340 g/mol. The van der Waals surface area contributed by atoms with Gasteiger partial charge in [-0.25, -0.2) is 9.97 Å². The molecule has 0 atom stereocenters. The Hall–Kier alpha value is -2.22. The fourth-order valence-electron chi connectivity index (χ4n) is 4.50. The summed E-state index contributed by atoms with van der Waals surface area (Å²) in [6.07, 6.45) is 8.89. The summed E-state index contributed by atoms with van der Waals surface area (Å²) in [7, 11) is 0. The molecule has 8 heteroatoms. The number of anilines is 2. The first-order chi connectivity index (χ1) is 13.3. The van der Waals surface area contributed by atoms with Crippen molar-refractivity contribution >= 4 is 11.6 Å². The molecular formula is C19H28N8. The van der Waals surface area contributed by atoms with E-state index >= 15 is 0 Å². The molecule has 27 heavy (non-hydrogen) atoms. The van der Waals surface area contributed by atoms with Gasteiger partial charge >= 0.3 is 0 Å².